The maximum Gasteiger partial charge on any atom is 0.326 e. The first-order valence-electron chi connectivity index (χ1n) is 11.6. The fourth-order valence-electron chi connectivity index (χ4n) is 3.27. The Hall–Kier alpha value is -2.24. The average Bonchev–Trinajstić information content (AvgIpc) is 2.69. The summed E-state index contributed by atoms with van der Waals surface area (Å²) >= 11 is 0. The van der Waals surface area contributed by atoms with Crippen molar-refractivity contribution >= 4 is 23.7 Å². The molecule has 5 atom stereocenters. The van der Waals surface area contributed by atoms with Crippen molar-refractivity contribution in [3.05, 3.63) is 0 Å². The summed E-state index contributed by atoms with van der Waals surface area (Å²) in [5.41, 5.74) is 11.4. The van der Waals surface area contributed by atoms with Crippen molar-refractivity contribution in [1.29, 1.82) is 0 Å². The molecular weight excluding hydrogens is 430 g/mol. The number of aliphatic hydroxyl groups excluding tert-OH is 1. The van der Waals surface area contributed by atoms with Gasteiger partial charge in [-0.2, -0.15) is 0 Å². The molecule has 0 bridgehead atoms. The lowest BCUT2D eigenvalue weighted by Gasteiger charge is -2.27. The maximum absolute atomic E-state index is 12.9. The van der Waals surface area contributed by atoms with Gasteiger partial charge >= 0.3 is 5.97 Å². The number of rotatable bonds is 16. The molecule has 0 rings (SSSR count). The minimum atomic E-state index is -1.40. The molecule has 0 aromatic heterocycles. The lowest BCUT2D eigenvalue weighted by Crippen LogP contribution is -2.60. The molecule has 0 radical (unpaired) electrons. The van der Waals surface area contributed by atoms with Crippen molar-refractivity contribution in [2.75, 3.05) is 6.54 Å². The molecule has 0 aliphatic rings. The normalized spacial score (nSPS) is 15.9. The number of aliphatic carboxylic acids is 1. The molecule has 11 heteroatoms. The number of aliphatic hydroxyl groups is 1. The van der Waals surface area contributed by atoms with Crippen molar-refractivity contribution in [3.8, 4) is 0 Å². The monoisotopic (exact) mass is 473 g/mol. The topological polar surface area (TPSA) is 197 Å². The van der Waals surface area contributed by atoms with Crippen LogP contribution in [0.1, 0.15) is 66.7 Å². The van der Waals surface area contributed by atoms with E-state index in [-0.39, 0.29) is 24.7 Å². The summed E-state index contributed by atoms with van der Waals surface area (Å²) in [6.45, 7) is 9.20. The van der Waals surface area contributed by atoms with Crippen LogP contribution in [-0.4, -0.2) is 70.7 Å². The Balaban J connectivity index is 5.41. The highest BCUT2D eigenvalue weighted by Crippen LogP contribution is 2.08. The van der Waals surface area contributed by atoms with Crippen LogP contribution in [0.4, 0.5) is 0 Å². The Labute approximate surface area is 196 Å². The highest BCUT2D eigenvalue weighted by Gasteiger charge is 2.32. The summed E-state index contributed by atoms with van der Waals surface area (Å²) in [6.07, 6.45) is 0.776. The number of carboxylic acids is 1. The second-order valence-corrected chi connectivity index (χ2v) is 9.34. The third kappa shape index (κ3) is 12.5. The van der Waals surface area contributed by atoms with E-state index in [0.717, 1.165) is 0 Å². The van der Waals surface area contributed by atoms with Crippen LogP contribution >= 0.6 is 0 Å². The molecule has 0 aliphatic heterocycles. The van der Waals surface area contributed by atoms with Crippen LogP contribution in [0, 0.1) is 11.8 Å². The summed E-state index contributed by atoms with van der Waals surface area (Å²) < 4.78 is 0. The third-order valence-corrected chi connectivity index (χ3v) is 5.03. The second-order valence-electron chi connectivity index (χ2n) is 9.34. The average molecular weight is 474 g/mol. The van der Waals surface area contributed by atoms with Gasteiger partial charge in [0, 0.05) is 0 Å². The van der Waals surface area contributed by atoms with Gasteiger partial charge in [0.05, 0.1) is 12.1 Å². The second kappa shape index (κ2) is 15.6. The van der Waals surface area contributed by atoms with E-state index >= 15 is 0 Å². The molecule has 0 heterocycles. The van der Waals surface area contributed by atoms with E-state index in [1.807, 2.05) is 27.7 Å². The van der Waals surface area contributed by atoms with Crippen molar-refractivity contribution in [2.24, 2.45) is 23.3 Å². The van der Waals surface area contributed by atoms with Gasteiger partial charge in [0.25, 0.3) is 0 Å². The predicted molar refractivity (Wildman–Crippen MR) is 125 cm³/mol. The van der Waals surface area contributed by atoms with E-state index < -0.39 is 54.0 Å². The van der Waals surface area contributed by atoms with Crippen LogP contribution in [0.5, 0.6) is 0 Å². The Morgan fingerprint density at radius 3 is 1.79 bits per heavy atom. The Morgan fingerprint density at radius 2 is 1.33 bits per heavy atom. The summed E-state index contributed by atoms with van der Waals surface area (Å²) in [6, 6.07) is -4.34. The molecule has 192 valence electrons. The van der Waals surface area contributed by atoms with Crippen LogP contribution in [0.15, 0.2) is 0 Å². The van der Waals surface area contributed by atoms with E-state index in [4.69, 9.17) is 11.5 Å². The molecule has 0 aromatic rings. The van der Waals surface area contributed by atoms with Crippen LogP contribution in [0.25, 0.3) is 0 Å². The van der Waals surface area contributed by atoms with Crippen molar-refractivity contribution < 1.29 is 29.4 Å². The fourth-order valence-corrected chi connectivity index (χ4v) is 3.27. The van der Waals surface area contributed by atoms with Gasteiger partial charge in [-0.05, 0) is 57.4 Å². The first-order chi connectivity index (χ1) is 15.3. The van der Waals surface area contributed by atoms with Crippen LogP contribution in [0.2, 0.25) is 0 Å². The van der Waals surface area contributed by atoms with E-state index in [2.05, 4.69) is 16.0 Å². The molecule has 0 aromatic carbocycles. The highest BCUT2D eigenvalue weighted by molar-refractivity contribution is 5.94. The molecule has 0 saturated carbocycles. The lowest BCUT2D eigenvalue weighted by atomic mass is 10.0. The number of hydrogen-bond acceptors (Lipinski definition) is 7. The zero-order valence-electron chi connectivity index (χ0n) is 20.5. The van der Waals surface area contributed by atoms with E-state index in [9.17, 15) is 29.4 Å². The van der Waals surface area contributed by atoms with Gasteiger partial charge in [0.1, 0.15) is 18.1 Å². The van der Waals surface area contributed by atoms with Gasteiger partial charge in [0.15, 0.2) is 0 Å². The zero-order valence-corrected chi connectivity index (χ0v) is 20.5. The zero-order chi connectivity index (χ0) is 25.7. The summed E-state index contributed by atoms with van der Waals surface area (Å²) in [5, 5.41) is 26.9. The minimum Gasteiger partial charge on any atom is -0.480 e. The first kappa shape index (κ1) is 30.8. The molecule has 33 heavy (non-hydrogen) atoms. The molecule has 3 amide bonds. The van der Waals surface area contributed by atoms with Crippen molar-refractivity contribution in [3.63, 3.8) is 0 Å². The number of unbranched alkanes of at least 4 members (excludes halogenated alkanes) is 1. The number of carboxylic acid groups (broad SMARTS) is 1. The van der Waals surface area contributed by atoms with Crippen molar-refractivity contribution in [2.45, 2.75) is 97.0 Å². The standard InChI is InChI=1S/C22H43N5O6/c1-12(2)10-15(24)19(29)25-16(8-6-7-9-23)20(30)27-18(14(5)28)21(31)26-17(22(32)33)11-13(3)4/h12-18,28H,6-11,23-24H2,1-5H3,(H,25,29)(H,26,31)(H,27,30)(H,32,33). The van der Waals surface area contributed by atoms with Gasteiger partial charge < -0.3 is 37.6 Å². The van der Waals surface area contributed by atoms with Crippen LogP contribution in [0.3, 0.4) is 0 Å². The number of carbonyl (C=O) groups excluding carboxylic acids is 3. The Bertz CT molecular complexity index is 641. The van der Waals surface area contributed by atoms with E-state index in [0.29, 0.717) is 25.8 Å². The van der Waals surface area contributed by atoms with Gasteiger partial charge in [-0.1, -0.05) is 27.7 Å². The van der Waals surface area contributed by atoms with Gasteiger partial charge in [-0.3, -0.25) is 14.4 Å². The lowest BCUT2D eigenvalue weighted by molar-refractivity contribution is -0.143. The summed E-state index contributed by atoms with van der Waals surface area (Å²) in [7, 11) is 0. The fraction of sp³-hybridized carbons (Fsp3) is 0.818. The molecule has 5 unspecified atom stereocenters. The summed E-state index contributed by atoms with van der Waals surface area (Å²) in [5.74, 6) is -3.00. The number of nitrogens with one attached hydrogen (secondary N) is 3. The molecule has 0 saturated heterocycles. The van der Waals surface area contributed by atoms with E-state index in [1.54, 1.807) is 0 Å². The number of hydrogen-bond donors (Lipinski definition) is 7. The largest absolute Gasteiger partial charge is 0.480 e. The smallest absolute Gasteiger partial charge is 0.326 e. The molecule has 11 nitrogen and oxygen atoms in total. The third-order valence-electron chi connectivity index (χ3n) is 5.03. The number of carbonyl (C=O) groups is 4. The van der Waals surface area contributed by atoms with Crippen LogP contribution < -0.4 is 27.4 Å². The highest BCUT2D eigenvalue weighted by atomic mass is 16.4. The summed E-state index contributed by atoms with van der Waals surface area (Å²) in [4.78, 5) is 49.5. The molecule has 0 fully saturated rings. The van der Waals surface area contributed by atoms with Gasteiger partial charge in [-0.25, -0.2) is 4.79 Å². The van der Waals surface area contributed by atoms with E-state index in [1.165, 1.54) is 6.92 Å². The molecule has 0 spiro atoms. The van der Waals surface area contributed by atoms with Gasteiger partial charge in [-0.15, -0.1) is 0 Å². The SMILES string of the molecule is CC(C)CC(N)C(=O)NC(CCCCN)C(=O)NC(C(=O)NC(CC(C)C)C(=O)O)C(C)O. The Kier molecular flexibility index (Phi) is 14.5. The quantitative estimate of drug-likeness (QED) is 0.145. The van der Waals surface area contributed by atoms with Crippen molar-refractivity contribution in [1.82, 2.24) is 16.0 Å². The molecule has 9 N–H and O–H groups in total. The maximum atomic E-state index is 12.9. The van der Waals surface area contributed by atoms with Crippen LogP contribution in [-0.2, 0) is 19.2 Å². The van der Waals surface area contributed by atoms with Gasteiger partial charge in [0.2, 0.25) is 17.7 Å². The predicted octanol–water partition coefficient (Wildman–Crippen LogP) is -0.545. The first-order valence-corrected chi connectivity index (χ1v) is 11.6. The molecular formula is C22H43N5O6. The number of nitrogens with two attached hydrogens (primary N) is 2. The Morgan fingerprint density at radius 1 is 0.788 bits per heavy atom. The number of amides is 3. The minimum absolute atomic E-state index is 0.00294. The molecule has 0 aliphatic carbocycles.